The van der Waals surface area contributed by atoms with Crippen LogP contribution in [0.4, 0.5) is 4.39 Å². The van der Waals surface area contributed by atoms with Gasteiger partial charge in [-0.2, -0.15) is 0 Å². The molecule has 0 saturated heterocycles. The number of rotatable bonds is 5. The third-order valence-electron chi connectivity index (χ3n) is 4.02. The third kappa shape index (κ3) is 3.48. The summed E-state index contributed by atoms with van der Waals surface area (Å²) >= 11 is 0. The number of hydrogen-bond acceptors (Lipinski definition) is 3. The Morgan fingerprint density at radius 3 is 2.50 bits per heavy atom. The highest BCUT2D eigenvalue weighted by Crippen LogP contribution is 2.27. The van der Waals surface area contributed by atoms with Gasteiger partial charge in [-0.05, 0) is 44.5 Å². The molecule has 1 N–H and O–H groups in total. The molecule has 0 aliphatic heterocycles. The van der Waals surface area contributed by atoms with Crippen molar-refractivity contribution in [3.63, 3.8) is 0 Å². The molecule has 1 amide bonds. The molecule has 0 atom stereocenters. The zero-order valence-corrected chi connectivity index (χ0v) is 14.1. The molecule has 0 fully saturated rings. The fraction of sp³-hybridized carbons (Fsp3) is 0.333. The molecular weight excluding hydrogens is 313 g/mol. The van der Waals surface area contributed by atoms with Gasteiger partial charge < -0.3 is 14.4 Å². The van der Waals surface area contributed by atoms with Crippen LogP contribution >= 0.6 is 0 Å². The van der Waals surface area contributed by atoms with Crippen molar-refractivity contribution in [3.8, 4) is 0 Å². The van der Waals surface area contributed by atoms with Crippen LogP contribution in [0.1, 0.15) is 41.3 Å². The molecule has 24 heavy (non-hydrogen) atoms. The molecule has 0 unspecified atom stereocenters. The maximum Gasteiger partial charge on any atom is 0.339 e. The zero-order chi connectivity index (χ0) is 18.1. The van der Waals surface area contributed by atoms with Crippen LogP contribution in [0, 0.1) is 12.7 Å². The number of likely N-dealkylation sites (N-methyl/N-ethyl adjacent to an activating group) is 1. The number of aryl methyl sites for hydroxylation is 1. The van der Waals surface area contributed by atoms with E-state index in [4.69, 9.17) is 9.52 Å². The highest BCUT2D eigenvalue weighted by Gasteiger charge is 2.33. The maximum absolute atomic E-state index is 13.4. The van der Waals surface area contributed by atoms with Crippen molar-refractivity contribution in [1.29, 1.82) is 0 Å². The van der Waals surface area contributed by atoms with Gasteiger partial charge in [0.2, 0.25) is 5.91 Å². The Hall–Kier alpha value is -2.63. The van der Waals surface area contributed by atoms with Crippen LogP contribution in [0.25, 0.3) is 0 Å². The van der Waals surface area contributed by atoms with Gasteiger partial charge in [0.1, 0.15) is 22.9 Å². The number of carboxylic acids is 1. The van der Waals surface area contributed by atoms with Crippen LogP contribution in [-0.4, -0.2) is 28.9 Å². The van der Waals surface area contributed by atoms with Gasteiger partial charge in [0.05, 0.1) is 12.0 Å². The summed E-state index contributed by atoms with van der Waals surface area (Å²) in [5.74, 6) is -1.02. The Labute approximate surface area is 139 Å². The van der Waals surface area contributed by atoms with Crippen molar-refractivity contribution in [1.82, 2.24) is 4.90 Å². The Balaban J connectivity index is 2.19. The van der Waals surface area contributed by atoms with Crippen LogP contribution in [0.5, 0.6) is 0 Å². The summed E-state index contributed by atoms with van der Waals surface area (Å²) < 4.78 is 18.8. The average Bonchev–Trinajstić information content (AvgIpc) is 2.87. The fourth-order valence-corrected chi connectivity index (χ4v) is 2.62. The van der Waals surface area contributed by atoms with Crippen molar-refractivity contribution in [2.45, 2.75) is 32.7 Å². The lowest BCUT2D eigenvalue weighted by atomic mass is 9.83. The number of furan rings is 1. The van der Waals surface area contributed by atoms with Gasteiger partial charge in [-0.3, -0.25) is 4.79 Å². The Morgan fingerprint density at radius 1 is 1.29 bits per heavy atom. The van der Waals surface area contributed by atoms with E-state index in [-0.39, 0.29) is 18.0 Å². The second kappa shape index (κ2) is 6.47. The first-order valence-corrected chi connectivity index (χ1v) is 7.47. The molecule has 2 rings (SSSR count). The topological polar surface area (TPSA) is 70.8 Å². The second-order valence-electron chi connectivity index (χ2n) is 6.28. The first-order valence-electron chi connectivity index (χ1n) is 7.47. The number of aromatic carboxylic acids is 1. The molecule has 5 nitrogen and oxygen atoms in total. The van der Waals surface area contributed by atoms with E-state index in [2.05, 4.69) is 0 Å². The van der Waals surface area contributed by atoms with Gasteiger partial charge in [-0.25, -0.2) is 9.18 Å². The zero-order valence-electron chi connectivity index (χ0n) is 14.1. The Morgan fingerprint density at radius 2 is 1.96 bits per heavy atom. The summed E-state index contributed by atoms with van der Waals surface area (Å²) in [4.78, 5) is 25.2. The van der Waals surface area contributed by atoms with Crippen molar-refractivity contribution in [2.24, 2.45) is 0 Å². The fourth-order valence-electron chi connectivity index (χ4n) is 2.62. The summed E-state index contributed by atoms with van der Waals surface area (Å²) in [5.41, 5.74) is -0.273. The van der Waals surface area contributed by atoms with Gasteiger partial charge in [0.15, 0.2) is 0 Å². The molecular formula is C18H20FNO4. The standard InChI is InChI=1S/C18H20FNO4/c1-11-15(16(21)22)9-14(24-11)10-20(4)17(23)18(2,3)12-6-5-7-13(19)8-12/h5-9H,10H2,1-4H3,(H,21,22). The van der Waals surface area contributed by atoms with Crippen LogP contribution in [-0.2, 0) is 16.8 Å². The van der Waals surface area contributed by atoms with E-state index in [9.17, 15) is 14.0 Å². The number of amides is 1. The van der Waals surface area contributed by atoms with E-state index in [0.29, 0.717) is 17.1 Å². The van der Waals surface area contributed by atoms with E-state index in [0.717, 1.165) is 0 Å². The number of carbonyl (C=O) groups excluding carboxylic acids is 1. The van der Waals surface area contributed by atoms with E-state index in [1.807, 2.05) is 0 Å². The number of carboxylic acid groups (broad SMARTS) is 1. The summed E-state index contributed by atoms with van der Waals surface area (Å²) in [6, 6.07) is 7.35. The number of halogens is 1. The van der Waals surface area contributed by atoms with Gasteiger partial charge in [-0.1, -0.05) is 12.1 Å². The lowest BCUT2D eigenvalue weighted by Crippen LogP contribution is -2.41. The van der Waals surface area contributed by atoms with Gasteiger partial charge >= 0.3 is 5.97 Å². The van der Waals surface area contributed by atoms with E-state index < -0.39 is 17.2 Å². The minimum absolute atomic E-state index is 0.0789. The molecule has 0 aliphatic rings. The highest BCUT2D eigenvalue weighted by molar-refractivity contribution is 5.89. The summed E-state index contributed by atoms with van der Waals surface area (Å²) in [6.07, 6.45) is 0. The molecule has 128 valence electrons. The molecule has 2 aromatic rings. The number of hydrogen-bond donors (Lipinski definition) is 1. The highest BCUT2D eigenvalue weighted by atomic mass is 19.1. The Kier molecular flexibility index (Phi) is 4.78. The van der Waals surface area contributed by atoms with Crippen LogP contribution in [0.3, 0.4) is 0 Å². The van der Waals surface area contributed by atoms with Crippen molar-refractivity contribution in [3.05, 3.63) is 58.8 Å². The van der Waals surface area contributed by atoms with Gasteiger partial charge in [0.25, 0.3) is 0 Å². The van der Waals surface area contributed by atoms with E-state index in [1.54, 1.807) is 40.0 Å². The third-order valence-corrected chi connectivity index (χ3v) is 4.02. The first kappa shape index (κ1) is 17.7. The van der Waals surface area contributed by atoms with E-state index in [1.165, 1.54) is 23.1 Å². The smallest absolute Gasteiger partial charge is 0.339 e. The molecule has 0 radical (unpaired) electrons. The van der Waals surface area contributed by atoms with Crippen molar-refractivity contribution < 1.29 is 23.5 Å². The quantitative estimate of drug-likeness (QED) is 0.911. The lowest BCUT2D eigenvalue weighted by Gasteiger charge is -2.29. The SMILES string of the molecule is Cc1oc(CN(C)C(=O)C(C)(C)c2cccc(F)c2)cc1C(=O)O. The predicted octanol–water partition coefficient (Wildman–Crippen LogP) is 3.36. The van der Waals surface area contributed by atoms with Crippen LogP contribution in [0.2, 0.25) is 0 Å². The lowest BCUT2D eigenvalue weighted by molar-refractivity contribution is -0.135. The van der Waals surface area contributed by atoms with Gasteiger partial charge in [0, 0.05) is 7.05 Å². The second-order valence-corrected chi connectivity index (χ2v) is 6.28. The van der Waals surface area contributed by atoms with Crippen molar-refractivity contribution >= 4 is 11.9 Å². The molecule has 0 saturated carbocycles. The number of nitrogens with zero attached hydrogens (tertiary/aromatic N) is 1. The normalized spacial score (nSPS) is 11.4. The van der Waals surface area contributed by atoms with Crippen LogP contribution in [0.15, 0.2) is 34.7 Å². The number of carbonyl (C=O) groups is 2. The largest absolute Gasteiger partial charge is 0.478 e. The summed E-state index contributed by atoms with van der Waals surface area (Å²) in [6.45, 7) is 5.13. The molecule has 1 heterocycles. The molecule has 6 heteroatoms. The minimum Gasteiger partial charge on any atom is -0.478 e. The molecule has 0 spiro atoms. The molecule has 0 bridgehead atoms. The first-order chi connectivity index (χ1) is 11.1. The monoisotopic (exact) mass is 333 g/mol. The van der Waals surface area contributed by atoms with Crippen LogP contribution < -0.4 is 0 Å². The van der Waals surface area contributed by atoms with E-state index >= 15 is 0 Å². The number of benzene rings is 1. The maximum atomic E-state index is 13.4. The predicted molar refractivity (Wildman–Crippen MR) is 86.3 cm³/mol. The van der Waals surface area contributed by atoms with Gasteiger partial charge in [-0.15, -0.1) is 0 Å². The molecule has 1 aromatic heterocycles. The molecule has 1 aromatic carbocycles. The Bertz CT molecular complexity index is 779. The van der Waals surface area contributed by atoms with Crippen molar-refractivity contribution in [2.75, 3.05) is 7.05 Å². The average molecular weight is 333 g/mol. The summed E-state index contributed by atoms with van der Waals surface area (Å²) in [7, 11) is 1.60. The summed E-state index contributed by atoms with van der Waals surface area (Å²) in [5, 5.41) is 9.05. The molecule has 0 aliphatic carbocycles. The minimum atomic E-state index is -1.07.